The van der Waals surface area contributed by atoms with Crippen LogP contribution in [-0.2, 0) is 11.2 Å². The first-order valence-electron chi connectivity index (χ1n) is 8.13. The second-order valence-electron chi connectivity index (χ2n) is 6.61. The number of nitrogens with one attached hydrogen (secondary N) is 1. The molecule has 0 aromatic heterocycles. The fourth-order valence-electron chi connectivity index (χ4n) is 3.29. The Kier molecular flexibility index (Phi) is 6.22. The van der Waals surface area contributed by atoms with Gasteiger partial charge in [-0.1, -0.05) is 44.2 Å². The second kappa shape index (κ2) is 7.92. The zero-order valence-corrected chi connectivity index (χ0v) is 13.9. The van der Waals surface area contributed by atoms with Gasteiger partial charge in [0, 0.05) is 38.3 Å². The van der Waals surface area contributed by atoms with Gasteiger partial charge in [-0.25, -0.2) is 0 Å². The summed E-state index contributed by atoms with van der Waals surface area (Å²) in [5, 5.41) is 3.70. The molecule has 0 saturated carbocycles. The lowest BCUT2D eigenvalue weighted by Gasteiger charge is -2.44. The van der Waals surface area contributed by atoms with Crippen molar-refractivity contribution in [2.75, 3.05) is 26.8 Å². The number of nitrogens with zero attached hydrogens (tertiary/aromatic N) is 1. The molecule has 2 rings (SSSR count). The van der Waals surface area contributed by atoms with Gasteiger partial charge in [0.2, 0.25) is 0 Å². The molecule has 1 heterocycles. The molecule has 118 valence electrons. The third-order valence-corrected chi connectivity index (χ3v) is 4.56. The second-order valence-corrected chi connectivity index (χ2v) is 6.61. The highest BCUT2D eigenvalue weighted by Gasteiger charge is 2.31. The Morgan fingerprint density at radius 2 is 2.00 bits per heavy atom. The Balaban J connectivity index is 2.01. The minimum Gasteiger partial charge on any atom is -0.383 e. The minimum absolute atomic E-state index is 0.505. The molecule has 0 bridgehead atoms. The lowest BCUT2D eigenvalue weighted by Crippen LogP contribution is -2.60. The smallest absolute Gasteiger partial charge is 0.0620 e. The third kappa shape index (κ3) is 4.53. The van der Waals surface area contributed by atoms with E-state index in [-0.39, 0.29) is 0 Å². The number of hydrogen-bond donors (Lipinski definition) is 1. The van der Waals surface area contributed by atoms with Crippen molar-refractivity contribution in [1.29, 1.82) is 0 Å². The van der Waals surface area contributed by atoms with Crippen LogP contribution in [0.2, 0.25) is 0 Å². The average Bonchev–Trinajstić information content (AvgIpc) is 2.48. The van der Waals surface area contributed by atoms with Gasteiger partial charge in [-0.15, -0.1) is 0 Å². The largest absolute Gasteiger partial charge is 0.383 e. The van der Waals surface area contributed by atoms with Gasteiger partial charge in [0.05, 0.1) is 6.61 Å². The summed E-state index contributed by atoms with van der Waals surface area (Å²) in [6, 6.07) is 12.4. The van der Waals surface area contributed by atoms with Gasteiger partial charge < -0.3 is 10.1 Å². The number of benzene rings is 1. The topological polar surface area (TPSA) is 24.5 Å². The number of hydrogen-bond acceptors (Lipinski definition) is 3. The molecule has 1 fully saturated rings. The molecule has 0 aliphatic carbocycles. The average molecular weight is 290 g/mol. The van der Waals surface area contributed by atoms with Crippen molar-refractivity contribution in [3.63, 3.8) is 0 Å². The summed E-state index contributed by atoms with van der Waals surface area (Å²) in [5.41, 5.74) is 1.41. The maximum Gasteiger partial charge on any atom is 0.0620 e. The van der Waals surface area contributed by atoms with Crippen LogP contribution in [0.3, 0.4) is 0 Å². The highest BCUT2D eigenvalue weighted by atomic mass is 16.5. The molecule has 0 amide bonds. The van der Waals surface area contributed by atoms with E-state index in [1.807, 2.05) is 7.11 Å². The first-order valence-corrected chi connectivity index (χ1v) is 8.13. The van der Waals surface area contributed by atoms with E-state index >= 15 is 0 Å². The van der Waals surface area contributed by atoms with E-state index in [1.165, 1.54) is 5.56 Å². The summed E-state index contributed by atoms with van der Waals surface area (Å²) in [6.07, 6.45) is 1.10. The standard InChI is InChI=1S/C18H30N2O/c1-14(2)18(13-21-4)20-12-17(19-11-15(20)3)10-16-8-6-5-7-9-16/h5-9,14-15,17-19H,10-13H2,1-4H3. The van der Waals surface area contributed by atoms with Crippen molar-refractivity contribution in [2.24, 2.45) is 5.92 Å². The van der Waals surface area contributed by atoms with Gasteiger partial charge in [0.25, 0.3) is 0 Å². The Hall–Kier alpha value is -0.900. The maximum atomic E-state index is 5.46. The number of rotatable bonds is 6. The molecule has 3 nitrogen and oxygen atoms in total. The normalized spacial score (nSPS) is 25.2. The quantitative estimate of drug-likeness (QED) is 0.871. The Labute approximate surface area is 129 Å². The predicted molar refractivity (Wildman–Crippen MR) is 88.6 cm³/mol. The van der Waals surface area contributed by atoms with Crippen LogP contribution in [0, 0.1) is 5.92 Å². The van der Waals surface area contributed by atoms with Crippen LogP contribution in [0.15, 0.2) is 30.3 Å². The third-order valence-electron chi connectivity index (χ3n) is 4.56. The fraction of sp³-hybridized carbons (Fsp3) is 0.667. The Bertz CT molecular complexity index is 407. The maximum absolute atomic E-state index is 5.46. The zero-order valence-electron chi connectivity index (χ0n) is 13.9. The van der Waals surface area contributed by atoms with Crippen LogP contribution in [0.1, 0.15) is 26.3 Å². The van der Waals surface area contributed by atoms with Crippen LogP contribution >= 0.6 is 0 Å². The summed E-state index contributed by atoms with van der Waals surface area (Å²) in [6.45, 7) is 9.89. The number of methoxy groups -OCH3 is 1. The monoisotopic (exact) mass is 290 g/mol. The molecular formula is C18H30N2O. The van der Waals surface area contributed by atoms with Gasteiger partial charge >= 0.3 is 0 Å². The molecule has 21 heavy (non-hydrogen) atoms. The molecule has 3 unspecified atom stereocenters. The Morgan fingerprint density at radius 1 is 1.29 bits per heavy atom. The van der Waals surface area contributed by atoms with Crippen molar-refractivity contribution in [1.82, 2.24) is 10.2 Å². The Morgan fingerprint density at radius 3 is 2.62 bits per heavy atom. The molecule has 0 spiro atoms. The first-order chi connectivity index (χ1) is 10.1. The SMILES string of the molecule is COCC(C(C)C)N1CC(Cc2ccccc2)NCC1C. The van der Waals surface area contributed by atoms with Crippen molar-refractivity contribution < 1.29 is 4.74 Å². The van der Waals surface area contributed by atoms with Gasteiger partial charge in [-0.2, -0.15) is 0 Å². The van der Waals surface area contributed by atoms with Gasteiger partial charge in [-0.3, -0.25) is 4.90 Å². The van der Waals surface area contributed by atoms with Crippen LogP contribution in [0.4, 0.5) is 0 Å². The van der Waals surface area contributed by atoms with Gasteiger partial charge in [0.1, 0.15) is 0 Å². The molecule has 1 aromatic carbocycles. The van der Waals surface area contributed by atoms with Crippen LogP contribution in [-0.4, -0.2) is 49.8 Å². The highest BCUT2D eigenvalue weighted by molar-refractivity contribution is 5.16. The molecular weight excluding hydrogens is 260 g/mol. The van der Waals surface area contributed by atoms with Crippen molar-refractivity contribution in [3.05, 3.63) is 35.9 Å². The predicted octanol–water partition coefficient (Wildman–Crippen LogP) is 2.56. The molecule has 1 aromatic rings. The zero-order chi connectivity index (χ0) is 15.2. The molecule has 3 atom stereocenters. The minimum atomic E-state index is 0.505. The molecule has 1 aliphatic rings. The summed E-state index contributed by atoms with van der Waals surface area (Å²) in [5.74, 6) is 0.614. The van der Waals surface area contributed by atoms with E-state index < -0.39 is 0 Å². The van der Waals surface area contributed by atoms with E-state index in [4.69, 9.17) is 4.74 Å². The first kappa shape index (κ1) is 16.5. The summed E-state index contributed by atoms with van der Waals surface area (Å²) < 4.78 is 5.46. The van der Waals surface area contributed by atoms with E-state index in [0.29, 0.717) is 24.0 Å². The van der Waals surface area contributed by atoms with Gasteiger partial charge in [0.15, 0.2) is 0 Å². The van der Waals surface area contributed by atoms with Crippen molar-refractivity contribution in [2.45, 2.75) is 45.3 Å². The van der Waals surface area contributed by atoms with E-state index in [2.05, 4.69) is 61.3 Å². The number of ether oxygens (including phenoxy) is 1. The van der Waals surface area contributed by atoms with Gasteiger partial charge in [-0.05, 0) is 24.8 Å². The molecule has 1 saturated heterocycles. The summed E-state index contributed by atoms with van der Waals surface area (Å²) in [7, 11) is 1.81. The lowest BCUT2D eigenvalue weighted by molar-refractivity contribution is 0.0177. The highest BCUT2D eigenvalue weighted by Crippen LogP contribution is 2.19. The van der Waals surface area contributed by atoms with Crippen molar-refractivity contribution >= 4 is 0 Å². The van der Waals surface area contributed by atoms with Crippen LogP contribution in [0.25, 0.3) is 0 Å². The lowest BCUT2D eigenvalue weighted by atomic mass is 9.96. The number of piperazine rings is 1. The summed E-state index contributed by atoms with van der Waals surface area (Å²) in [4.78, 5) is 2.64. The fourth-order valence-corrected chi connectivity index (χ4v) is 3.29. The molecule has 1 N–H and O–H groups in total. The molecule has 0 radical (unpaired) electrons. The molecule has 3 heteroatoms. The van der Waals surface area contributed by atoms with E-state index in [1.54, 1.807) is 0 Å². The van der Waals surface area contributed by atoms with Crippen LogP contribution < -0.4 is 5.32 Å². The van der Waals surface area contributed by atoms with E-state index in [9.17, 15) is 0 Å². The van der Waals surface area contributed by atoms with Crippen LogP contribution in [0.5, 0.6) is 0 Å². The summed E-state index contributed by atoms with van der Waals surface area (Å²) >= 11 is 0. The van der Waals surface area contributed by atoms with E-state index in [0.717, 1.165) is 26.1 Å². The molecule has 1 aliphatic heterocycles. The van der Waals surface area contributed by atoms with Crippen molar-refractivity contribution in [3.8, 4) is 0 Å².